The summed E-state index contributed by atoms with van der Waals surface area (Å²) in [7, 11) is 0. The molecular formula is C19H30N2. The average molecular weight is 286 g/mol. The number of nitrogens with zero attached hydrogens (tertiary/aromatic N) is 1. The van der Waals surface area contributed by atoms with Crippen molar-refractivity contribution in [3.05, 3.63) is 35.4 Å². The molecule has 0 bridgehead atoms. The fraction of sp³-hybridized carbons (Fsp3) is 0.684. The maximum absolute atomic E-state index is 3.87. The number of hydrogen-bond acceptors (Lipinski definition) is 2. The van der Waals surface area contributed by atoms with E-state index in [9.17, 15) is 0 Å². The highest BCUT2D eigenvalue weighted by atomic mass is 15.2. The van der Waals surface area contributed by atoms with Crippen molar-refractivity contribution in [2.24, 2.45) is 5.92 Å². The fourth-order valence-corrected chi connectivity index (χ4v) is 4.02. The molecule has 0 saturated carbocycles. The largest absolute Gasteiger partial charge is 0.310 e. The fourth-order valence-electron chi connectivity index (χ4n) is 4.02. The molecule has 0 radical (unpaired) electrons. The quantitative estimate of drug-likeness (QED) is 0.901. The predicted molar refractivity (Wildman–Crippen MR) is 89.7 cm³/mol. The Labute approximate surface area is 129 Å². The van der Waals surface area contributed by atoms with Crippen molar-refractivity contribution in [3.8, 4) is 0 Å². The summed E-state index contributed by atoms with van der Waals surface area (Å²) < 4.78 is 0. The molecule has 116 valence electrons. The minimum atomic E-state index is 0.575. The van der Waals surface area contributed by atoms with Crippen LogP contribution in [0, 0.1) is 5.92 Å². The van der Waals surface area contributed by atoms with Crippen LogP contribution in [-0.2, 0) is 0 Å². The second kappa shape index (κ2) is 6.50. The molecule has 1 aromatic carbocycles. The standard InChI is InChI=1S/C19H30N2/c1-14(2)21-11-10-16(13-21)12-20-19-9-8-15(3)17-6-4-5-7-18(17)19/h4-7,14-16,19-20H,8-13H2,1-3H3. The van der Waals surface area contributed by atoms with Crippen LogP contribution in [-0.4, -0.2) is 30.6 Å². The van der Waals surface area contributed by atoms with Gasteiger partial charge in [0, 0.05) is 18.6 Å². The van der Waals surface area contributed by atoms with E-state index in [2.05, 4.69) is 55.3 Å². The molecule has 2 nitrogen and oxygen atoms in total. The number of hydrogen-bond donors (Lipinski definition) is 1. The van der Waals surface area contributed by atoms with Crippen molar-refractivity contribution >= 4 is 0 Å². The lowest BCUT2D eigenvalue weighted by Gasteiger charge is -2.31. The molecule has 1 aliphatic heterocycles. The lowest BCUT2D eigenvalue weighted by molar-refractivity contribution is 0.261. The van der Waals surface area contributed by atoms with Crippen LogP contribution in [0.3, 0.4) is 0 Å². The molecule has 1 saturated heterocycles. The van der Waals surface area contributed by atoms with Gasteiger partial charge in [-0.3, -0.25) is 0 Å². The highest BCUT2D eigenvalue weighted by Gasteiger charge is 2.27. The number of benzene rings is 1. The molecule has 2 heteroatoms. The van der Waals surface area contributed by atoms with Crippen LogP contribution in [0.2, 0.25) is 0 Å². The summed E-state index contributed by atoms with van der Waals surface area (Å²) in [6, 6.07) is 10.3. The van der Waals surface area contributed by atoms with Gasteiger partial charge in [-0.1, -0.05) is 31.2 Å². The van der Waals surface area contributed by atoms with E-state index in [-0.39, 0.29) is 0 Å². The minimum absolute atomic E-state index is 0.575. The van der Waals surface area contributed by atoms with Gasteiger partial charge in [0.25, 0.3) is 0 Å². The summed E-state index contributed by atoms with van der Waals surface area (Å²) in [5, 5.41) is 3.87. The van der Waals surface area contributed by atoms with Crippen LogP contribution in [0.25, 0.3) is 0 Å². The second-order valence-corrected chi connectivity index (χ2v) is 7.31. The topological polar surface area (TPSA) is 15.3 Å². The van der Waals surface area contributed by atoms with Gasteiger partial charge in [0.15, 0.2) is 0 Å². The summed E-state index contributed by atoms with van der Waals surface area (Å²) in [5.41, 5.74) is 3.12. The van der Waals surface area contributed by atoms with Gasteiger partial charge in [-0.15, -0.1) is 0 Å². The molecule has 3 unspecified atom stereocenters. The zero-order valence-corrected chi connectivity index (χ0v) is 13.8. The number of nitrogens with one attached hydrogen (secondary N) is 1. The Balaban J connectivity index is 1.58. The highest BCUT2D eigenvalue weighted by molar-refractivity contribution is 5.34. The van der Waals surface area contributed by atoms with E-state index in [1.807, 2.05) is 0 Å². The van der Waals surface area contributed by atoms with Crippen LogP contribution in [0.1, 0.15) is 63.1 Å². The summed E-state index contributed by atoms with van der Waals surface area (Å²) >= 11 is 0. The van der Waals surface area contributed by atoms with E-state index in [1.54, 1.807) is 11.1 Å². The van der Waals surface area contributed by atoms with E-state index in [0.717, 1.165) is 11.8 Å². The SMILES string of the molecule is CC1CCC(NCC2CCN(C(C)C)C2)c2ccccc21. The lowest BCUT2D eigenvalue weighted by atomic mass is 9.81. The Morgan fingerprint density at radius 3 is 2.62 bits per heavy atom. The number of fused-ring (bicyclic) bond motifs is 1. The van der Waals surface area contributed by atoms with E-state index in [1.165, 1.54) is 38.9 Å². The molecule has 21 heavy (non-hydrogen) atoms. The summed E-state index contributed by atoms with van der Waals surface area (Å²) in [6.45, 7) is 10.7. The van der Waals surface area contributed by atoms with Crippen molar-refractivity contribution in [2.45, 2.75) is 58.0 Å². The molecule has 0 amide bonds. The third kappa shape index (κ3) is 3.32. The first-order chi connectivity index (χ1) is 10.1. The van der Waals surface area contributed by atoms with Crippen molar-refractivity contribution in [3.63, 3.8) is 0 Å². The average Bonchev–Trinajstić information content (AvgIpc) is 2.96. The van der Waals surface area contributed by atoms with Gasteiger partial charge in [0.2, 0.25) is 0 Å². The first-order valence-corrected chi connectivity index (χ1v) is 8.71. The van der Waals surface area contributed by atoms with Crippen molar-refractivity contribution in [1.29, 1.82) is 0 Å². The van der Waals surface area contributed by atoms with E-state index in [0.29, 0.717) is 12.1 Å². The Bertz CT molecular complexity index is 468. The molecule has 1 aromatic rings. The van der Waals surface area contributed by atoms with Gasteiger partial charge in [-0.2, -0.15) is 0 Å². The van der Waals surface area contributed by atoms with Crippen molar-refractivity contribution in [2.75, 3.05) is 19.6 Å². The molecule has 1 fully saturated rings. The van der Waals surface area contributed by atoms with Gasteiger partial charge in [-0.05, 0) is 69.2 Å². The van der Waals surface area contributed by atoms with Crippen LogP contribution in [0.4, 0.5) is 0 Å². The zero-order valence-electron chi connectivity index (χ0n) is 13.8. The smallest absolute Gasteiger partial charge is 0.0323 e. The molecule has 3 atom stereocenters. The van der Waals surface area contributed by atoms with Gasteiger partial charge in [-0.25, -0.2) is 0 Å². The maximum atomic E-state index is 3.87. The normalized spacial score (nSPS) is 29.8. The molecule has 1 heterocycles. The van der Waals surface area contributed by atoms with E-state index in [4.69, 9.17) is 0 Å². The molecule has 0 aromatic heterocycles. The van der Waals surface area contributed by atoms with Crippen LogP contribution >= 0.6 is 0 Å². The maximum Gasteiger partial charge on any atom is 0.0323 e. The Morgan fingerprint density at radius 1 is 1.14 bits per heavy atom. The Kier molecular flexibility index (Phi) is 4.66. The van der Waals surface area contributed by atoms with Crippen molar-refractivity contribution < 1.29 is 0 Å². The predicted octanol–water partition coefficient (Wildman–Crippen LogP) is 3.94. The molecular weight excluding hydrogens is 256 g/mol. The van der Waals surface area contributed by atoms with Gasteiger partial charge in [0.05, 0.1) is 0 Å². The summed E-state index contributed by atoms with van der Waals surface area (Å²) in [5.74, 6) is 1.56. The van der Waals surface area contributed by atoms with Crippen molar-refractivity contribution in [1.82, 2.24) is 10.2 Å². The Morgan fingerprint density at radius 2 is 1.90 bits per heavy atom. The number of likely N-dealkylation sites (tertiary alicyclic amines) is 1. The first-order valence-electron chi connectivity index (χ1n) is 8.71. The van der Waals surface area contributed by atoms with Gasteiger partial charge < -0.3 is 10.2 Å². The summed E-state index contributed by atoms with van der Waals surface area (Å²) in [4.78, 5) is 2.61. The van der Waals surface area contributed by atoms with E-state index >= 15 is 0 Å². The lowest BCUT2D eigenvalue weighted by Crippen LogP contribution is -2.33. The summed E-state index contributed by atoms with van der Waals surface area (Å²) in [6.07, 6.45) is 3.96. The molecule has 1 aliphatic carbocycles. The second-order valence-electron chi connectivity index (χ2n) is 7.31. The zero-order chi connectivity index (χ0) is 14.8. The van der Waals surface area contributed by atoms with Gasteiger partial charge in [0.1, 0.15) is 0 Å². The van der Waals surface area contributed by atoms with E-state index < -0.39 is 0 Å². The third-order valence-corrected chi connectivity index (χ3v) is 5.49. The molecule has 3 rings (SSSR count). The molecule has 1 N–H and O–H groups in total. The molecule has 2 aliphatic rings. The highest BCUT2D eigenvalue weighted by Crippen LogP contribution is 2.37. The Hall–Kier alpha value is -0.860. The first kappa shape index (κ1) is 15.1. The van der Waals surface area contributed by atoms with Crippen LogP contribution in [0.15, 0.2) is 24.3 Å². The third-order valence-electron chi connectivity index (χ3n) is 5.49. The van der Waals surface area contributed by atoms with Gasteiger partial charge >= 0.3 is 0 Å². The molecule has 0 spiro atoms. The van der Waals surface area contributed by atoms with Crippen LogP contribution < -0.4 is 5.32 Å². The number of rotatable bonds is 4. The monoisotopic (exact) mass is 286 g/mol. The van der Waals surface area contributed by atoms with Crippen LogP contribution in [0.5, 0.6) is 0 Å². The minimum Gasteiger partial charge on any atom is -0.310 e.